The first kappa shape index (κ1) is 21.3. The molecule has 0 aliphatic carbocycles. The quantitative estimate of drug-likeness (QED) is 0.453. The van der Waals surface area contributed by atoms with Crippen LogP contribution < -0.4 is 16.3 Å². The van der Waals surface area contributed by atoms with Gasteiger partial charge in [-0.3, -0.25) is 14.0 Å². The first-order valence-corrected chi connectivity index (χ1v) is 10.3. The van der Waals surface area contributed by atoms with Gasteiger partial charge < -0.3 is 10.6 Å². The SMILES string of the molecule is O=C(CCNC(=O)c1ccc(Cl)cc1)Nc1cccc(Cn2nc3ccccn3c2=O)c1. The monoisotopic (exact) mass is 449 g/mol. The first-order chi connectivity index (χ1) is 15.5. The van der Waals surface area contributed by atoms with E-state index in [9.17, 15) is 14.4 Å². The Labute approximate surface area is 188 Å². The first-order valence-electron chi connectivity index (χ1n) is 9.96. The molecule has 0 aliphatic rings. The summed E-state index contributed by atoms with van der Waals surface area (Å²) in [5, 5.41) is 10.4. The largest absolute Gasteiger partial charge is 0.352 e. The molecule has 2 aromatic carbocycles. The van der Waals surface area contributed by atoms with Crippen LogP contribution in [0.15, 0.2) is 77.7 Å². The van der Waals surface area contributed by atoms with Gasteiger partial charge in [0.1, 0.15) is 0 Å². The van der Waals surface area contributed by atoms with Crippen LogP contribution in [0.25, 0.3) is 5.65 Å². The van der Waals surface area contributed by atoms with Gasteiger partial charge in [0, 0.05) is 35.4 Å². The number of carbonyl (C=O) groups is 2. The minimum absolute atomic E-state index is 0.120. The van der Waals surface area contributed by atoms with Crippen LogP contribution in [-0.4, -0.2) is 32.5 Å². The van der Waals surface area contributed by atoms with Gasteiger partial charge in [-0.15, -0.1) is 5.10 Å². The van der Waals surface area contributed by atoms with E-state index in [0.717, 1.165) is 5.56 Å². The van der Waals surface area contributed by atoms with Crippen LogP contribution >= 0.6 is 11.6 Å². The summed E-state index contributed by atoms with van der Waals surface area (Å²) in [5.41, 5.74) is 2.25. The molecule has 162 valence electrons. The van der Waals surface area contributed by atoms with Crippen molar-refractivity contribution in [2.75, 3.05) is 11.9 Å². The van der Waals surface area contributed by atoms with E-state index in [1.54, 1.807) is 60.8 Å². The second kappa shape index (κ2) is 9.49. The van der Waals surface area contributed by atoms with Crippen LogP contribution in [0.3, 0.4) is 0 Å². The van der Waals surface area contributed by atoms with Crippen LogP contribution in [0, 0.1) is 0 Å². The molecule has 4 rings (SSSR count). The predicted octanol–water partition coefficient (Wildman–Crippen LogP) is 2.96. The van der Waals surface area contributed by atoms with Gasteiger partial charge in [0.05, 0.1) is 6.54 Å². The zero-order valence-corrected chi connectivity index (χ0v) is 17.7. The fourth-order valence-corrected chi connectivity index (χ4v) is 3.33. The van der Waals surface area contributed by atoms with Crippen molar-refractivity contribution in [2.45, 2.75) is 13.0 Å². The third kappa shape index (κ3) is 5.04. The molecule has 0 unspecified atom stereocenters. The Kier molecular flexibility index (Phi) is 6.32. The number of fused-ring (bicyclic) bond motifs is 1. The van der Waals surface area contributed by atoms with Crippen molar-refractivity contribution >= 4 is 34.7 Å². The van der Waals surface area contributed by atoms with Crippen molar-refractivity contribution in [1.29, 1.82) is 0 Å². The topological polar surface area (TPSA) is 97.5 Å². The zero-order chi connectivity index (χ0) is 22.5. The van der Waals surface area contributed by atoms with Gasteiger partial charge in [-0.05, 0) is 54.1 Å². The Morgan fingerprint density at radius 3 is 2.59 bits per heavy atom. The van der Waals surface area contributed by atoms with Crippen molar-refractivity contribution in [3.05, 3.63) is 99.6 Å². The number of aromatic nitrogens is 3. The highest BCUT2D eigenvalue weighted by atomic mass is 35.5. The minimum atomic E-state index is -0.269. The van der Waals surface area contributed by atoms with Crippen molar-refractivity contribution in [3.8, 4) is 0 Å². The number of hydrogen-bond acceptors (Lipinski definition) is 4. The molecule has 0 saturated carbocycles. The van der Waals surface area contributed by atoms with Crippen LogP contribution in [0.2, 0.25) is 5.02 Å². The van der Waals surface area contributed by atoms with Crippen molar-refractivity contribution in [3.63, 3.8) is 0 Å². The molecule has 0 saturated heterocycles. The van der Waals surface area contributed by atoms with Gasteiger partial charge in [-0.2, -0.15) is 0 Å². The summed E-state index contributed by atoms with van der Waals surface area (Å²) in [6, 6.07) is 19.1. The van der Waals surface area contributed by atoms with Gasteiger partial charge in [0.2, 0.25) is 5.91 Å². The van der Waals surface area contributed by atoms with E-state index in [2.05, 4.69) is 15.7 Å². The Hall–Kier alpha value is -3.91. The average Bonchev–Trinajstić information content (AvgIpc) is 3.10. The van der Waals surface area contributed by atoms with Gasteiger partial charge >= 0.3 is 5.69 Å². The van der Waals surface area contributed by atoms with E-state index in [-0.39, 0.29) is 37.0 Å². The maximum absolute atomic E-state index is 12.4. The number of nitrogens with zero attached hydrogens (tertiary/aromatic N) is 3. The maximum Gasteiger partial charge on any atom is 0.350 e. The van der Waals surface area contributed by atoms with E-state index in [4.69, 9.17) is 11.6 Å². The highest BCUT2D eigenvalue weighted by molar-refractivity contribution is 6.30. The lowest BCUT2D eigenvalue weighted by molar-refractivity contribution is -0.116. The molecule has 32 heavy (non-hydrogen) atoms. The number of carbonyl (C=O) groups excluding carboxylic acids is 2. The summed E-state index contributed by atoms with van der Waals surface area (Å²) in [6.45, 7) is 0.477. The second-order valence-electron chi connectivity index (χ2n) is 7.13. The maximum atomic E-state index is 12.4. The van der Waals surface area contributed by atoms with Crippen molar-refractivity contribution in [2.24, 2.45) is 0 Å². The second-order valence-corrected chi connectivity index (χ2v) is 7.57. The van der Waals surface area contributed by atoms with Gasteiger partial charge in [-0.25, -0.2) is 9.48 Å². The number of benzene rings is 2. The molecule has 0 fully saturated rings. The van der Waals surface area contributed by atoms with Crippen LogP contribution in [0.5, 0.6) is 0 Å². The summed E-state index contributed by atoms with van der Waals surface area (Å²) in [4.78, 5) is 36.8. The van der Waals surface area contributed by atoms with E-state index >= 15 is 0 Å². The van der Waals surface area contributed by atoms with Crippen molar-refractivity contribution in [1.82, 2.24) is 19.5 Å². The molecule has 2 aromatic heterocycles. The Balaban J connectivity index is 1.32. The highest BCUT2D eigenvalue weighted by Gasteiger charge is 2.09. The third-order valence-corrected chi connectivity index (χ3v) is 5.03. The zero-order valence-electron chi connectivity index (χ0n) is 17.0. The molecule has 0 radical (unpaired) electrons. The molecule has 2 heterocycles. The van der Waals surface area contributed by atoms with Gasteiger partial charge in [0.25, 0.3) is 5.91 Å². The fraction of sp³-hybridized carbons (Fsp3) is 0.130. The average molecular weight is 450 g/mol. The molecule has 2 N–H and O–H groups in total. The standard InChI is InChI=1S/C23H20ClN5O3/c24-18-9-7-17(8-10-18)22(31)25-12-11-21(30)26-19-5-3-4-16(14-19)15-29-23(32)28-13-2-1-6-20(28)27-29/h1-10,13-14H,11-12,15H2,(H,25,31)(H,26,30). The smallest absolute Gasteiger partial charge is 0.350 e. The summed E-state index contributed by atoms with van der Waals surface area (Å²) in [6.07, 6.45) is 1.79. The lowest BCUT2D eigenvalue weighted by Gasteiger charge is -2.08. The third-order valence-electron chi connectivity index (χ3n) is 4.78. The minimum Gasteiger partial charge on any atom is -0.352 e. The summed E-state index contributed by atoms with van der Waals surface area (Å²) >= 11 is 5.82. The lowest BCUT2D eigenvalue weighted by Crippen LogP contribution is -2.27. The molecule has 0 bridgehead atoms. The highest BCUT2D eigenvalue weighted by Crippen LogP contribution is 2.12. The molecule has 0 atom stereocenters. The number of hydrogen-bond donors (Lipinski definition) is 2. The fourth-order valence-electron chi connectivity index (χ4n) is 3.21. The molecule has 4 aromatic rings. The van der Waals surface area contributed by atoms with Gasteiger partial charge in [-0.1, -0.05) is 29.8 Å². The van der Waals surface area contributed by atoms with Crippen LogP contribution in [-0.2, 0) is 11.3 Å². The summed E-state index contributed by atoms with van der Waals surface area (Å²) in [5.74, 6) is -0.502. The molecule has 2 amide bonds. The molecular weight excluding hydrogens is 430 g/mol. The Morgan fingerprint density at radius 2 is 1.81 bits per heavy atom. The van der Waals surface area contributed by atoms with Crippen LogP contribution in [0.1, 0.15) is 22.3 Å². The number of rotatable bonds is 7. The van der Waals surface area contributed by atoms with Crippen LogP contribution in [0.4, 0.5) is 5.69 Å². The Bertz CT molecular complexity index is 1330. The summed E-state index contributed by atoms with van der Waals surface area (Å²) in [7, 11) is 0. The Morgan fingerprint density at radius 1 is 1.00 bits per heavy atom. The normalized spacial score (nSPS) is 10.8. The number of amides is 2. The van der Waals surface area contributed by atoms with E-state index in [1.165, 1.54) is 9.08 Å². The molecular formula is C23H20ClN5O3. The number of pyridine rings is 1. The number of anilines is 1. The van der Waals surface area contributed by atoms with E-state index < -0.39 is 0 Å². The van der Waals surface area contributed by atoms with E-state index in [1.807, 2.05) is 12.1 Å². The molecule has 9 heteroatoms. The lowest BCUT2D eigenvalue weighted by atomic mass is 10.2. The number of halogens is 1. The van der Waals surface area contributed by atoms with E-state index in [0.29, 0.717) is 21.9 Å². The summed E-state index contributed by atoms with van der Waals surface area (Å²) < 4.78 is 2.85. The molecule has 8 nitrogen and oxygen atoms in total. The number of nitrogens with one attached hydrogen (secondary N) is 2. The molecule has 0 spiro atoms. The van der Waals surface area contributed by atoms with Gasteiger partial charge in [0.15, 0.2) is 5.65 Å². The molecule has 0 aliphatic heterocycles. The predicted molar refractivity (Wildman–Crippen MR) is 122 cm³/mol. The van der Waals surface area contributed by atoms with Crippen molar-refractivity contribution < 1.29 is 9.59 Å².